The number of rotatable bonds is 12. The minimum Gasteiger partial charge on any atom is -0.461 e. The number of alkyl halides is 3. The summed E-state index contributed by atoms with van der Waals surface area (Å²) in [5.41, 5.74) is 4.61. The molecule has 18 nitrogen and oxygen atoms in total. The molecule has 0 aliphatic carbocycles. The summed E-state index contributed by atoms with van der Waals surface area (Å²) < 4.78 is 9.18. The first kappa shape index (κ1) is 68.5. The molecule has 2 saturated heterocycles. The number of fused-ring (bicyclic) bond motifs is 5. The van der Waals surface area contributed by atoms with E-state index in [4.69, 9.17) is 44.3 Å². The van der Waals surface area contributed by atoms with Crippen LogP contribution in [0.5, 0.6) is 0 Å². The maximum Gasteiger partial charge on any atom is 0.325 e. The summed E-state index contributed by atoms with van der Waals surface area (Å²) in [4.78, 5) is 107. The maximum absolute atomic E-state index is 13.4. The molecular formula is C65H84Cl3N7O11. The summed E-state index contributed by atoms with van der Waals surface area (Å²) in [5, 5.41) is 26.6. The number of carbonyl (C=O) groups is 8. The van der Waals surface area contributed by atoms with E-state index in [0.717, 1.165) is 43.8 Å². The summed E-state index contributed by atoms with van der Waals surface area (Å²) in [7, 11) is 0. The average Bonchev–Trinajstić information content (AvgIpc) is 1.98. The van der Waals surface area contributed by atoms with Crippen molar-refractivity contribution in [2.45, 2.75) is 155 Å². The first-order chi connectivity index (χ1) is 40.2. The van der Waals surface area contributed by atoms with Gasteiger partial charge in [-0.15, -0.1) is 0 Å². The van der Waals surface area contributed by atoms with Gasteiger partial charge in [0, 0.05) is 19.6 Å². The van der Waals surface area contributed by atoms with E-state index < -0.39 is 93.3 Å². The molecule has 0 unspecified atom stereocenters. The van der Waals surface area contributed by atoms with Crippen molar-refractivity contribution >= 4 is 116 Å². The van der Waals surface area contributed by atoms with Gasteiger partial charge in [0.2, 0.25) is 33.3 Å². The second kappa shape index (κ2) is 29.4. The summed E-state index contributed by atoms with van der Waals surface area (Å²) in [6.45, 7) is 21.7. The van der Waals surface area contributed by atoms with E-state index >= 15 is 0 Å². The third-order valence-electron chi connectivity index (χ3n) is 15.7. The highest BCUT2D eigenvalue weighted by Crippen LogP contribution is 2.30. The summed E-state index contributed by atoms with van der Waals surface area (Å²) in [6, 6.07) is 19.5. The molecule has 0 aromatic heterocycles. The predicted octanol–water partition coefficient (Wildman–Crippen LogP) is 9.37. The largest absolute Gasteiger partial charge is 0.461 e. The van der Waals surface area contributed by atoms with E-state index in [0.29, 0.717) is 38.8 Å². The third kappa shape index (κ3) is 18.7. The molecule has 0 radical (unpaired) electrons. The Morgan fingerprint density at radius 2 is 1.48 bits per heavy atom. The highest BCUT2D eigenvalue weighted by atomic mass is 35.6. The molecule has 3 heterocycles. The van der Waals surface area contributed by atoms with E-state index in [-0.39, 0.29) is 42.0 Å². The van der Waals surface area contributed by atoms with Gasteiger partial charge >= 0.3 is 11.9 Å². The van der Waals surface area contributed by atoms with Gasteiger partial charge in [-0.05, 0) is 161 Å². The van der Waals surface area contributed by atoms with Crippen LogP contribution in [0.2, 0.25) is 0 Å². The number of hydrogen-bond donors (Lipinski definition) is 6. The Hall–Kier alpha value is -6.57. The Balaban J connectivity index is 0.000000278. The Bertz CT molecular complexity index is 3210. The van der Waals surface area contributed by atoms with Crippen LogP contribution < -0.4 is 26.7 Å². The van der Waals surface area contributed by atoms with Gasteiger partial charge in [-0.1, -0.05) is 135 Å². The topological polar surface area (TPSA) is 242 Å². The number of hydrazine groups is 1. The number of nitrogens with one attached hydrogen (secondary N) is 5. The fourth-order valence-corrected chi connectivity index (χ4v) is 10.3. The molecule has 7 rings (SSSR count). The van der Waals surface area contributed by atoms with Crippen LogP contribution in [0.1, 0.15) is 143 Å². The number of nitrogens with zero attached hydrogens (tertiary/aromatic N) is 2. The lowest BCUT2D eigenvalue weighted by atomic mass is 9.89. The quantitative estimate of drug-likeness (QED) is 0.0574. The van der Waals surface area contributed by atoms with Crippen LogP contribution in [0.4, 0.5) is 0 Å². The van der Waals surface area contributed by atoms with E-state index in [1.165, 1.54) is 9.91 Å². The number of amides is 6. The number of hydrogen-bond acceptors (Lipinski definition) is 12. The number of likely N-dealkylation sites (tertiary alicyclic amines) is 1. The van der Waals surface area contributed by atoms with Crippen molar-refractivity contribution in [3.8, 4) is 0 Å². The highest BCUT2D eigenvalue weighted by Gasteiger charge is 2.38. The zero-order valence-corrected chi connectivity index (χ0v) is 53.5. The molecule has 2 fully saturated rings. The zero-order valence-electron chi connectivity index (χ0n) is 51.2. The molecule has 21 heteroatoms. The number of aliphatic hydroxyl groups excluding tert-OH is 1. The van der Waals surface area contributed by atoms with Gasteiger partial charge in [-0.25, -0.2) is 5.43 Å². The smallest absolute Gasteiger partial charge is 0.325 e. The van der Waals surface area contributed by atoms with Gasteiger partial charge in [-0.3, -0.25) is 43.4 Å². The standard InChI is InChI=1S/C34H44Cl3N3O6.C31H40N4O5/c1-20(2)28(29(42)38-21(3)30(43)40-15-7-8-26(18-40)31(44)46-19-34(35,36)37)39-32(45)33(5,6)14-13-23-9-10-24-11-12-25(22(4)41)17-27(24)16-23;1-18(2)26-27(36)32-19(3)28(37)35-15-7-8-25(34-35)29(38)40-20(4)23-12-11-22-10-9-21(16-24(22)17-23)13-14-31(5,6)30(39)33-26/h9-14,16-17,20-22,26,28,41H,7-8,15,18-19H2,1-6H3,(H,38,42)(H,39,45);9-14,16-20,25-26,34H,7-8,15H2,1-6H3,(H,32,36)(H,33,39)/b2*14-13+/t21-,22+,26+,28-;19-,20+,25-,26-/m00/s1. The van der Waals surface area contributed by atoms with Crippen LogP contribution in [-0.2, 0) is 47.8 Å². The molecule has 6 N–H and O–H groups in total. The van der Waals surface area contributed by atoms with Crippen LogP contribution in [-0.4, -0.2) is 123 Å². The fraction of sp³-hybridized carbons (Fsp3) is 0.508. The molecule has 5 bridgehead atoms. The first-order valence-electron chi connectivity index (χ1n) is 29.4. The number of benzene rings is 4. The predicted molar refractivity (Wildman–Crippen MR) is 336 cm³/mol. The van der Waals surface area contributed by atoms with Gasteiger partial charge in [-0.2, -0.15) is 0 Å². The number of aliphatic hydroxyl groups is 1. The lowest BCUT2D eigenvalue weighted by Crippen LogP contribution is -2.61. The molecular weight excluding hydrogens is 1160 g/mol. The van der Waals surface area contributed by atoms with E-state index in [2.05, 4.69) is 26.7 Å². The van der Waals surface area contributed by atoms with Crippen LogP contribution in [0.25, 0.3) is 33.7 Å². The second-order valence-electron chi connectivity index (χ2n) is 24.6. The average molecular weight is 1250 g/mol. The number of cyclic esters (lactones) is 1. The van der Waals surface area contributed by atoms with Gasteiger partial charge < -0.3 is 40.7 Å². The second-order valence-corrected chi connectivity index (χ2v) is 27.1. The Labute approximate surface area is 519 Å². The Morgan fingerprint density at radius 3 is 2.14 bits per heavy atom. The molecule has 3 aliphatic heterocycles. The van der Waals surface area contributed by atoms with Crippen LogP contribution in [0.15, 0.2) is 84.9 Å². The van der Waals surface area contributed by atoms with Gasteiger partial charge in [0.25, 0.3) is 5.91 Å². The maximum atomic E-state index is 13.4. The number of ether oxygens (including phenoxy) is 2. The van der Waals surface area contributed by atoms with Gasteiger partial charge in [0.1, 0.15) is 42.9 Å². The SMILES string of the molecule is CC(C)[C@@H]1NC(=O)C(C)(C)/C=C/c2ccc3ccc(cc3c2)[C@@H](C)OC(=O)[C@@H]2CCCN(N2)C(=O)[C@H](C)NC1=O.CC(C)[C@H](NC(=O)C(C)(C)/C=C/c1ccc2ccc([C@@H](C)O)cc2c1)C(=O)N[C@@H](C)C(=O)N1CCC[C@@H](C(=O)OCC(Cl)(Cl)Cl)C1. The minimum atomic E-state index is -1.73. The van der Waals surface area contributed by atoms with Crippen LogP contribution in [0, 0.1) is 28.6 Å². The van der Waals surface area contributed by atoms with E-state index in [9.17, 15) is 43.5 Å². The van der Waals surface area contributed by atoms with Crippen molar-refractivity contribution in [3.63, 3.8) is 0 Å². The molecule has 8 atom stereocenters. The number of piperidine rings is 1. The normalized spacial score (nSPS) is 22.2. The molecule has 466 valence electrons. The van der Waals surface area contributed by atoms with Crippen molar-refractivity contribution in [1.29, 1.82) is 0 Å². The summed E-state index contributed by atoms with van der Waals surface area (Å²) in [5.74, 6) is -4.31. The minimum absolute atomic E-state index is 0.127. The zero-order chi connectivity index (χ0) is 63.6. The van der Waals surface area contributed by atoms with Crippen molar-refractivity contribution in [3.05, 3.63) is 107 Å². The lowest BCUT2D eigenvalue weighted by Gasteiger charge is -2.35. The lowest BCUT2D eigenvalue weighted by molar-refractivity contribution is -0.157. The summed E-state index contributed by atoms with van der Waals surface area (Å²) >= 11 is 17.0. The fourth-order valence-electron chi connectivity index (χ4n) is 10.1. The molecule has 86 heavy (non-hydrogen) atoms. The molecule has 4 aromatic rings. The monoisotopic (exact) mass is 1240 g/mol. The van der Waals surface area contributed by atoms with Gasteiger partial charge in [0.15, 0.2) is 0 Å². The molecule has 6 amide bonds. The number of esters is 2. The molecule has 0 spiro atoms. The first-order valence-corrected chi connectivity index (χ1v) is 30.5. The van der Waals surface area contributed by atoms with E-state index in [1.807, 2.05) is 126 Å². The Morgan fingerprint density at radius 1 is 0.826 bits per heavy atom. The van der Waals surface area contributed by atoms with Crippen molar-refractivity contribution in [2.24, 2.45) is 28.6 Å². The van der Waals surface area contributed by atoms with Crippen LogP contribution >= 0.6 is 34.8 Å². The van der Waals surface area contributed by atoms with Crippen molar-refractivity contribution in [1.82, 2.24) is 36.6 Å². The number of carbonyl (C=O) groups excluding carboxylic acids is 8. The molecule has 4 aromatic carbocycles. The van der Waals surface area contributed by atoms with Crippen LogP contribution in [0.3, 0.4) is 0 Å². The highest BCUT2D eigenvalue weighted by molar-refractivity contribution is 6.67. The van der Waals surface area contributed by atoms with Crippen molar-refractivity contribution < 1.29 is 52.9 Å². The molecule has 0 saturated carbocycles. The molecule has 3 aliphatic rings. The van der Waals surface area contributed by atoms with Crippen molar-refractivity contribution in [2.75, 3.05) is 26.2 Å². The number of halogens is 3. The van der Waals surface area contributed by atoms with Gasteiger partial charge in [0.05, 0.1) is 22.9 Å². The van der Waals surface area contributed by atoms with E-state index in [1.54, 1.807) is 54.5 Å². The summed E-state index contributed by atoms with van der Waals surface area (Å²) in [6.07, 6.45) is 8.53. The Kier molecular flexibility index (Phi) is 23.4. The third-order valence-corrected chi connectivity index (χ3v) is 16.0.